The summed E-state index contributed by atoms with van der Waals surface area (Å²) in [4.78, 5) is 29.6. The first-order valence-corrected chi connectivity index (χ1v) is 9.15. The van der Waals surface area contributed by atoms with Gasteiger partial charge in [-0.2, -0.15) is 0 Å². The van der Waals surface area contributed by atoms with E-state index in [1.165, 1.54) is 11.8 Å². The molecule has 1 heterocycles. The van der Waals surface area contributed by atoms with Crippen LogP contribution >= 0.6 is 11.8 Å². The summed E-state index contributed by atoms with van der Waals surface area (Å²) in [6.07, 6.45) is 0.851. The quantitative estimate of drug-likeness (QED) is 0.644. The molecule has 0 fully saturated rings. The number of hydrogen-bond acceptors (Lipinski definition) is 4. The van der Waals surface area contributed by atoms with Crippen molar-refractivity contribution in [3.63, 3.8) is 0 Å². The second-order valence-corrected chi connectivity index (χ2v) is 7.76. The molecular formula is C18H25N3O2S. The number of hydrogen-bond donors (Lipinski definition) is 1. The Hall–Kier alpha value is -1.82. The smallest absolute Gasteiger partial charge is 0.262 e. The molecule has 0 aliphatic carbocycles. The Labute approximate surface area is 146 Å². The molecule has 0 aliphatic rings. The molecule has 0 aliphatic heterocycles. The fraction of sp³-hybridized carbons (Fsp3) is 0.500. The molecular weight excluding hydrogens is 322 g/mol. The van der Waals surface area contributed by atoms with Crippen LogP contribution in [0, 0.1) is 0 Å². The third-order valence-electron chi connectivity index (χ3n) is 4.14. The average Bonchev–Trinajstić information content (AvgIpc) is 2.55. The zero-order valence-corrected chi connectivity index (χ0v) is 15.7. The van der Waals surface area contributed by atoms with E-state index < -0.39 is 0 Å². The van der Waals surface area contributed by atoms with Gasteiger partial charge in [-0.1, -0.05) is 30.8 Å². The van der Waals surface area contributed by atoms with E-state index >= 15 is 0 Å². The number of carbonyl (C=O) groups excluding carboxylic acids is 1. The van der Waals surface area contributed by atoms with Crippen LogP contribution in [-0.2, 0) is 11.3 Å². The summed E-state index contributed by atoms with van der Waals surface area (Å²) in [6.45, 7) is 10.3. The third kappa shape index (κ3) is 3.98. The number of rotatable bonds is 6. The van der Waals surface area contributed by atoms with Gasteiger partial charge in [-0.25, -0.2) is 4.98 Å². The Morgan fingerprint density at radius 1 is 1.33 bits per heavy atom. The normalized spacial score (nSPS) is 13.0. The van der Waals surface area contributed by atoms with Crippen molar-refractivity contribution in [2.45, 2.75) is 63.5 Å². The molecule has 1 aromatic carbocycles. The minimum Gasteiger partial charge on any atom is -0.350 e. The monoisotopic (exact) mass is 347 g/mol. The van der Waals surface area contributed by atoms with Gasteiger partial charge in [-0.3, -0.25) is 14.2 Å². The summed E-state index contributed by atoms with van der Waals surface area (Å²) < 4.78 is 1.63. The number of amides is 1. The summed E-state index contributed by atoms with van der Waals surface area (Å²) in [6, 6.07) is 7.30. The van der Waals surface area contributed by atoms with E-state index in [1.54, 1.807) is 10.6 Å². The molecule has 6 heteroatoms. The van der Waals surface area contributed by atoms with E-state index in [4.69, 9.17) is 0 Å². The van der Waals surface area contributed by atoms with Gasteiger partial charge < -0.3 is 5.32 Å². The van der Waals surface area contributed by atoms with E-state index in [0.717, 1.165) is 6.42 Å². The van der Waals surface area contributed by atoms with Crippen LogP contribution in [0.15, 0.2) is 34.2 Å². The number of nitrogens with one attached hydrogen (secondary N) is 1. The number of nitrogens with zero attached hydrogens (tertiary/aromatic N) is 2. The highest BCUT2D eigenvalue weighted by molar-refractivity contribution is 8.00. The van der Waals surface area contributed by atoms with Crippen molar-refractivity contribution in [3.05, 3.63) is 34.6 Å². The summed E-state index contributed by atoms with van der Waals surface area (Å²) in [5, 5.41) is 3.89. The molecule has 1 N–H and O–H groups in total. The van der Waals surface area contributed by atoms with Gasteiger partial charge in [-0.15, -0.1) is 0 Å². The van der Waals surface area contributed by atoms with E-state index in [1.807, 2.05) is 52.8 Å². The number of carbonyl (C=O) groups is 1. The Balaban J connectivity index is 2.32. The topological polar surface area (TPSA) is 64.0 Å². The van der Waals surface area contributed by atoms with Crippen LogP contribution in [0.4, 0.5) is 0 Å². The van der Waals surface area contributed by atoms with E-state index in [0.29, 0.717) is 22.6 Å². The number of aromatic nitrogens is 2. The zero-order chi connectivity index (χ0) is 17.9. The Bertz CT molecular complexity index is 798. The summed E-state index contributed by atoms with van der Waals surface area (Å²) >= 11 is 1.32. The first kappa shape index (κ1) is 18.5. The molecule has 0 saturated carbocycles. The number of benzene rings is 1. The maximum absolute atomic E-state index is 12.6. The van der Waals surface area contributed by atoms with Gasteiger partial charge in [0.15, 0.2) is 5.16 Å². The standard InChI is InChI=1S/C18H25N3O2S/c1-6-18(4,5)20-15(22)12(3)24-17-19-14-11-9-8-10-13(14)16(23)21(17)7-2/h8-12H,6-7H2,1-5H3,(H,20,22). The molecule has 1 amide bonds. The second kappa shape index (κ2) is 7.38. The summed E-state index contributed by atoms with van der Waals surface area (Å²) in [5.41, 5.74) is 0.357. The van der Waals surface area contributed by atoms with Gasteiger partial charge in [0.05, 0.1) is 16.2 Å². The third-order valence-corrected chi connectivity index (χ3v) is 5.23. The molecule has 5 nitrogen and oxygen atoms in total. The first-order chi connectivity index (χ1) is 11.3. The molecule has 0 bridgehead atoms. The molecule has 2 aromatic rings. The zero-order valence-electron chi connectivity index (χ0n) is 14.9. The van der Waals surface area contributed by atoms with Crippen LogP contribution in [0.25, 0.3) is 10.9 Å². The molecule has 2 rings (SSSR count). The maximum Gasteiger partial charge on any atom is 0.262 e. The molecule has 0 saturated heterocycles. The van der Waals surface area contributed by atoms with E-state index in [2.05, 4.69) is 10.3 Å². The van der Waals surface area contributed by atoms with E-state index in [9.17, 15) is 9.59 Å². The van der Waals surface area contributed by atoms with Gasteiger partial charge >= 0.3 is 0 Å². The number of para-hydroxylation sites is 1. The van der Waals surface area contributed by atoms with Crippen LogP contribution in [0.3, 0.4) is 0 Å². The van der Waals surface area contributed by atoms with Gasteiger partial charge in [0, 0.05) is 12.1 Å². The molecule has 24 heavy (non-hydrogen) atoms. The van der Waals surface area contributed by atoms with Crippen LogP contribution in [0.5, 0.6) is 0 Å². The minimum absolute atomic E-state index is 0.0445. The number of fused-ring (bicyclic) bond motifs is 1. The van der Waals surface area contributed by atoms with Gasteiger partial charge in [0.2, 0.25) is 5.91 Å². The molecule has 1 atom stereocenters. The van der Waals surface area contributed by atoms with Crippen LogP contribution < -0.4 is 10.9 Å². The lowest BCUT2D eigenvalue weighted by molar-refractivity contribution is -0.121. The van der Waals surface area contributed by atoms with Crippen molar-refractivity contribution in [3.8, 4) is 0 Å². The lowest BCUT2D eigenvalue weighted by Gasteiger charge is -2.26. The highest BCUT2D eigenvalue weighted by atomic mass is 32.2. The SMILES string of the molecule is CCn1c(SC(C)C(=O)NC(C)(C)CC)nc2ccccc2c1=O. The Kier molecular flexibility index (Phi) is 5.70. The lowest BCUT2D eigenvalue weighted by Crippen LogP contribution is -2.46. The first-order valence-electron chi connectivity index (χ1n) is 8.27. The van der Waals surface area contributed by atoms with Crippen molar-refractivity contribution in [1.29, 1.82) is 0 Å². The maximum atomic E-state index is 12.6. The van der Waals surface area contributed by atoms with E-state index in [-0.39, 0.29) is 22.3 Å². The van der Waals surface area contributed by atoms with Crippen molar-refractivity contribution in [2.75, 3.05) is 0 Å². The lowest BCUT2D eigenvalue weighted by atomic mass is 10.0. The Morgan fingerprint density at radius 2 is 2.00 bits per heavy atom. The average molecular weight is 347 g/mol. The van der Waals surface area contributed by atoms with Crippen molar-refractivity contribution in [2.24, 2.45) is 0 Å². The van der Waals surface area contributed by atoms with Crippen molar-refractivity contribution < 1.29 is 4.79 Å². The Morgan fingerprint density at radius 3 is 2.62 bits per heavy atom. The van der Waals surface area contributed by atoms with Crippen LogP contribution in [0.2, 0.25) is 0 Å². The predicted molar refractivity (Wildman–Crippen MR) is 99.5 cm³/mol. The van der Waals surface area contributed by atoms with Crippen molar-refractivity contribution in [1.82, 2.24) is 14.9 Å². The van der Waals surface area contributed by atoms with Crippen LogP contribution in [-0.4, -0.2) is 26.2 Å². The molecule has 1 unspecified atom stereocenters. The fourth-order valence-corrected chi connectivity index (χ4v) is 3.22. The van der Waals surface area contributed by atoms with Gasteiger partial charge in [-0.05, 0) is 46.2 Å². The van der Waals surface area contributed by atoms with Crippen LogP contribution in [0.1, 0.15) is 41.0 Å². The van der Waals surface area contributed by atoms with Crippen molar-refractivity contribution >= 4 is 28.6 Å². The summed E-state index contributed by atoms with van der Waals surface area (Å²) in [7, 11) is 0. The summed E-state index contributed by atoms with van der Waals surface area (Å²) in [5.74, 6) is -0.0445. The largest absolute Gasteiger partial charge is 0.350 e. The predicted octanol–water partition coefficient (Wildman–Crippen LogP) is 3.20. The fourth-order valence-electron chi connectivity index (χ4n) is 2.25. The molecule has 0 spiro atoms. The second-order valence-electron chi connectivity index (χ2n) is 6.45. The van der Waals surface area contributed by atoms with Gasteiger partial charge in [0.1, 0.15) is 0 Å². The molecule has 0 radical (unpaired) electrons. The number of thioether (sulfide) groups is 1. The highest BCUT2D eigenvalue weighted by Crippen LogP contribution is 2.23. The minimum atomic E-state index is -0.332. The molecule has 130 valence electrons. The highest BCUT2D eigenvalue weighted by Gasteiger charge is 2.24. The van der Waals surface area contributed by atoms with Gasteiger partial charge in [0.25, 0.3) is 5.56 Å². The molecule has 1 aromatic heterocycles.